The van der Waals surface area contributed by atoms with E-state index in [1.807, 2.05) is 0 Å². The van der Waals surface area contributed by atoms with Crippen molar-refractivity contribution in [1.82, 2.24) is 4.90 Å². The summed E-state index contributed by atoms with van der Waals surface area (Å²) in [5.41, 5.74) is 0.229. The number of methoxy groups -OCH3 is 1. The molecule has 1 heterocycles. The van der Waals surface area contributed by atoms with Crippen molar-refractivity contribution in [1.29, 1.82) is 0 Å². The summed E-state index contributed by atoms with van der Waals surface area (Å²) < 4.78 is 52.0. The number of hydrogen-bond acceptors (Lipinski definition) is 5. The van der Waals surface area contributed by atoms with Crippen molar-refractivity contribution in [3.8, 4) is 0 Å². The third-order valence-electron chi connectivity index (χ3n) is 5.60. The minimum Gasteiger partial charge on any atom is -0.381 e. The van der Waals surface area contributed by atoms with Crippen LogP contribution in [0.2, 0.25) is 0 Å². The average molecular weight is 451 g/mol. The third kappa shape index (κ3) is 4.58. The van der Waals surface area contributed by atoms with Gasteiger partial charge < -0.3 is 14.4 Å². The molecular weight excluding hydrogens is 423 g/mol. The normalized spacial score (nSPS) is 16.0. The molecule has 0 saturated carbocycles. The van der Waals surface area contributed by atoms with Crippen LogP contribution in [-0.4, -0.2) is 60.8 Å². The van der Waals surface area contributed by atoms with Crippen molar-refractivity contribution < 1.29 is 27.1 Å². The monoisotopic (exact) mass is 450 g/mol. The number of amides is 2. The highest BCUT2D eigenvalue weighted by Gasteiger charge is 2.36. The number of benzene rings is 2. The number of urea groups is 1. The number of hydrogen-bond donors (Lipinski definition) is 0. The first-order chi connectivity index (χ1) is 14.6. The van der Waals surface area contributed by atoms with Gasteiger partial charge in [-0.05, 0) is 48.0 Å². The molecule has 2 aromatic carbocycles. The van der Waals surface area contributed by atoms with Crippen molar-refractivity contribution in [3.63, 3.8) is 0 Å². The zero-order chi connectivity index (χ0) is 22.8. The predicted molar refractivity (Wildman–Crippen MR) is 115 cm³/mol. The Morgan fingerprint density at radius 1 is 1.03 bits per heavy atom. The van der Waals surface area contributed by atoms with Gasteiger partial charge in [0.1, 0.15) is 5.82 Å². The van der Waals surface area contributed by atoms with Crippen molar-refractivity contribution in [2.75, 3.05) is 46.4 Å². The molecule has 0 atom stereocenters. The molecule has 0 aromatic heterocycles. The van der Waals surface area contributed by atoms with Gasteiger partial charge in [0.2, 0.25) is 9.84 Å². The Bertz CT molecular complexity index is 1050. The van der Waals surface area contributed by atoms with Gasteiger partial charge in [-0.25, -0.2) is 17.6 Å². The van der Waals surface area contributed by atoms with Crippen molar-refractivity contribution in [2.24, 2.45) is 0 Å². The van der Waals surface area contributed by atoms with Crippen molar-refractivity contribution >= 4 is 21.6 Å². The highest BCUT2D eigenvalue weighted by molar-refractivity contribution is 7.91. The van der Waals surface area contributed by atoms with Crippen LogP contribution in [0.1, 0.15) is 18.4 Å². The largest absolute Gasteiger partial charge is 0.381 e. The van der Waals surface area contributed by atoms with Gasteiger partial charge in [0.25, 0.3) is 0 Å². The number of anilines is 1. The molecule has 1 aliphatic heterocycles. The van der Waals surface area contributed by atoms with E-state index in [-0.39, 0.29) is 15.8 Å². The SMILES string of the molecule is COC1(c2cc(F)cc(S(=O)(=O)c3ccc(N(C)C(=O)N(C)C)cc3)c2)CCOCC1. The molecule has 7 nitrogen and oxygen atoms in total. The minimum absolute atomic E-state index is 0.0111. The molecular formula is C22H27FN2O5S. The van der Waals surface area contributed by atoms with Crippen LogP contribution < -0.4 is 4.90 Å². The number of sulfone groups is 1. The van der Waals surface area contributed by atoms with E-state index in [0.29, 0.717) is 37.3 Å². The molecule has 0 spiro atoms. The fourth-order valence-corrected chi connectivity index (χ4v) is 5.00. The Morgan fingerprint density at radius 3 is 2.19 bits per heavy atom. The molecule has 2 amide bonds. The van der Waals surface area contributed by atoms with E-state index in [9.17, 15) is 17.6 Å². The summed E-state index contributed by atoms with van der Waals surface area (Å²) in [7, 11) is 2.42. The molecule has 2 aromatic rings. The zero-order valence-electron chi connectivity index (χ0n) is 18.1. The Balaban J connectivity index is 1.97. The number of nitrogens with zero attached hydrogens (tertiary/aromatic N) is 2. The lowest BCUT2D eigenvalue weighted by Crippen LogP contribution is -2.36. The Kier molecular flexibility index (Phi) is 6.68. The molecule has 0 aliphatic carbocycles. The van der Waals surface area contributed by atoms with Crippen LogP contribution in [0.4, 0.5) is 14.9 Å². The van der Waals surface area contributed by atoms with E-state index in [4.69, 9.17) is 9.47 Å². The number of carbonyl (C=O) groups is 1. The summed E-state index contributed by atoms with van der Waals surface area (Å²) in [5, 5.41) is 0. The van der Waals surface area contributed by atoms with Gasteiger partial charge in [0.05, 0.1) is 15.4 Å². The lowest BCUT2D eigenvalue weighted by Gasteiger charge is -2.36. The van der Waals surface area contributed by atoms with E-state index >= 15 is 0 Å². The molecule has 31 heavy (non-hydrogen) atoms. The standard InChI is InChI=1S/C22H27FN2O5S/c1-24(2)21(26)25(3)18-5-7-19(8-6-18)31(27,28)20-14-16(13-17(23)15-20)22(29-4)9-11-30-12-10-22/h5-8,13-15H,9-12H2,1-4H3. The molecule has 168 valence electrons. The average Bonchev–Trinajstić information content (AvgIpc) is 2.78. The number of ether oxygens (including phenoxy) is 2. The van der Waals surface area contributed by atoms with E-state index in [1.54, 1.807) is 33.3 Å². The third-order valence-corrected chi connectivity index (χ3v) is 7.35. The highest BCUT2D eigenvalue weighted by atomic mass is 32.2. The fourth-order valence-electron chi connectivity index (χ4n) is 3.69. The second-order valence-electron chi connectivity index (χ2n) is 7.72. The first-order valence-corrected chi connectivity index (χ1v) is 11.3. The number of carbonyl (C=O) groups excluding carboxylic acids is 1. The zero-order valence-corrected chi connectivity index (χ0v) is 18.9. The van der Waals surface area contributed by atoms with Gasteiger partial charge >= 0.3 is 6.03 Å². The van der Waals surface area contributed by atoms with Crippen LogP contribution in [0.15, 0.2) is 52.3 Å². The molecule has 0 radical (unpaired) electrons. The topological polar surface area (TPSA) is 76.2 Å². The van der Waals surface area contributed by atoms with Crippen LogP contribution in [0, 0.1) is 5.82 Å². The lowest BCUT2D eigenvalue weighted by atomic mass is 9.86. The summed E-state index contributed by atoms with van der Waals surface area (Å²) in [6.45, 7) is 0.903. The van der Waals surface area contributed by atoms with Crippen molar-refractivity contribution in [2.45, 2.75) is 28.2 Å². The molecule has 0 bridgehead atoms. The molecule has 1 aliphatic rings. The molecule has 1 saturated heterocycles. The predicted octanol–water partition coefficient (Wildman–Crippen LogP) is 3.43. The smallest absolute Gasteiger partial charge is 0.323 e. The first kappa shape index (κ1) is 23.2. The van der Waals surface area contributed by atoms with E-state index in [1.165, 1.54) is 41.2 Å². The minimum atomic E-state index is -3.98. The highest BCUT2D eigenvalue weighted by Crippen LogP contribution is 2.37. The molecule has 0 N–H and O–H groups in total. The maximum Gasteiger partial charge on any atom is 0.323 e. The maximum absolute atomic E-state index is 14.5. The van der Waals surface area contributed by atoms with Crippen LogP contribution in [0.5, 0.6) is 0 Å². The lowest BCUT2D eigenvalue weighted by molar-refractivity contribution is -0.0950. The number of halogens is 1. The summed E-state index contributed by atoms with van der Waals surface area (Å²) in [5.74, 6) is -0.646. The van der Waals surface area contributed by atoms with Crippen LogP contribution in [-0.2, 0) is 24.9 Å². The van der Waals surface area contributed by atoms with E-state index in [0.717, 1.165) is 6.07 Å². The summed E-state index contributed by atoms with van der Waals surface area (Å²) in [6.07, 6.45) is 1.01. The van der Waals surface area contributed by atoms with Gasteiger partial charge in [-0.3, -0.25) is 4.90 Å². The van der Waals surface area contributed by atoms with E-state index < -0.39 is 21.3 Å². The van der Waals surface area contributed by atoms with Gasteiger partial charge in [-0.2, -0.15) is 0 Å². The van der Waals surface area contributed by atoms with Gasteiger partial charge in [-0.1, -0.05) is 0 Å². The van der Waals surface area contributed by atoms with Gasteiger partial charge in [0, 0.05) is 60.0 Å². The van der Waals surface area contributed by atoms with Crippen LogP contribution >= 0.6 is 0 Å². The van der Waals surface area contributed by atoms with Crippen LogP contribution in [0.3, 0.4) is 0 Å². The number of rotatable bonds is 5. The Morgan fingerprint density at radius 2 is 1.65 bits per heavy atom. The first-order valence-electron chi connectivity index (χ1n) is 9.85. The van der Waals surface area contributed by atoms with Gasteiger partial charge in [0.15, 0.2) is 0 Å². The Hall–Kier alpha value is -2.49. The summed E-state index contributed by atoms with van der Waals surface area (Å²) in [4.78, 5) is 14.8. The second-order valence-corrected chi connectivity index (χ2v) is 9.67. The quantitative estimate of drug-likeness (QED) is 0.698. The van der Waals surface area contributed by atoms with Gasteiger partial charge in [-0.15, -0.1) is 0 Å². The molecule has 1 fully saturated rings. The summed E-state index contributed by atoms with van der Waals surface area (Å²) in [6, 6.07) is 9.47. The molecule has 0 unspecified atom stereocenters. The Labute approximate surface area is 182 Å². The second kappa shape index (κ2) is 8.94. The van der Waals surface area contributed by atoms with Crippen molar-refractivity contribution in [3.05, 3.63) is 53.8 Å². The van der Waals surface area contributed by atoms with Crippen LogP contribution in [0.25, 0.3) is 0 Å². The maximum atomic E-state index is 14.5. The van der Waals surface area contributed by atoms with E-state index in [2.05, 4.69) is 0 Å². The molecule has 9 heteroatoms. The summed E-state index contributed by atoms with van der Waals surface area (Å²) >= 11 is 0. The fraction of sp³-hybridized carbons (Fsp3) is 0.409. The molecule has 3 rings (SSSR count).